The van der Waals surface area contributed by atoms with Gasteiger partial charge in [-0.05, 0) is 23.6 Å². The van der Waals surface area contributed by atoms with Crippen molar-refractivity contribution in [1.82, 2.24) is 21.0 Å². The molecule has 0 fully saturated rings. The molecule has 0 aromatic carbocycles. The first-order valence-electron chi connectivity index (χ1n) is 6.35. The molecule has 23 heavy (non-hydrogen) atoms. The van der Waals surface area contributed by atoms with Gasteiger partial charge in [-0.25, -0.2) is 0 Å². The van der Waals surface area contributed by atoms with Crippen LogP contribution in [-0.4, -0.2) is 27.8 Å². The van der Waals surface area contributed by atoms with E-state index >= 15 is 0 Å². The Bertz CT molecular complexity index is 783. The summed E-state index contributed by atoms with van der Waals surface area (Å²) in [5.74, 6) is -0.0420. The van der Waals surface area contributed by atoms with Crippen LogP contribution in [0.3, 0.4) is 0 Å². The number of aromatic nitrogens is 2. The van der Waals surface area contributed by atoms with E-state index in [1.54, 1.807) is 29.6 Å². The Hall–Kier alpha value is -2.59. The normalized spacial score (nSPS) is 10.4. The van der Waals surface area contributed by atoms with Crippen LogP contribution in [0.15, 0.2) is 50.0 Å². The highest BCUT2D eigenvalue weighted by molar-refractivity contribution is 7.99. The zero-order valence-corrected chi connectivity index (χ0v) is 13.1. The molecule has 2 N–H and O–H groups in total. The quantitative estimate of drug-likeness (QED) is 0.534. The van der Waals surface area contributed by atoms with E-state index in [0.717, 1.165) is 11.8 Å². The van der Waals surface area contributed by atoms with Crippen LogP contribution in [0.1, 0.15) is 9.67 Å². The molecule has 3 rings (SSSR count). The summed E-state index contributed by atoms with van der Waals surface area (Å²) >= 11 is 2.34. The second-order valence-electron chi connectivity index (χ2n) is 4.12. The van der Waals surface area contributed by atoms with E-state index in [0.29, 0.717) is 10.6 Å². The maximum Gasteiger partial charge on any atom is 0.284 e. The molecule has 3 aromatic rings. The van der Waals surface area contributed by atoms with Gasteiger partial charge in [0.2, 0.25) is 5.91 Å². The number of hydrazine groups is 1. The lowest BCUT2D eigenvalue weighted by atomic mass is 10.4. The Labute approximate surface area is 138 Å². The fraction of sp³-hybridized carbons (Fsp3) is 0.0769. The Morgan fingerprint density at radius 2 is 2.13 bits per heavy atom. The van der Waals surface area contributed by atoms with Gasteiger partial charge in [0, 0.05) is 0 Å². The van der Waals surface area contributed by atoms with Crippen molar-refractivity contribution in [3.63, 3.8) is 0 Å². The molecular formula is C13H10N4O4S2. The topological polar surface area (TPSA) is 110 Å². The van der Waals surface area contributed by atoms with Crippen LogP contribution in [-0.2, 0) is 4.79 Å². The maximum atomic E-state index is 11.7. The second-order valence-corrected chi connectivity index (χ2v) is 5.99. The SMILES string of the molecule is O=C(CSc1nnc(-c2ccco2)o1)NNC(=O)c1cccs1. The number of nitrogens with zero attached hydrogens (tertiary/aromatic N) is 2. The van der Waals surface area contributed by atoms with Gasteiger partial charge in [0.05, 0.1) is 16.9 Å². The molecular weight excluding hydrogens is 340 g/mol. The summed E-state index contributed by atoms with van der Waals surface area (Å²) in [7, 11) is 0. The average molecular weight is 350 g/mol. The number of furan rings is 1. The van der Waals surface area contributed by atoms with E-state index in [9.17, 15) is 9.59 Å². The van der Waals surface area contributed by atoms with Gasteiger partial charge in [-0.3, -0.25) is 20.4 Å². The number of amides is 2. The van der Waals surface area contributed by atoms with Gasteiger partial charge in [-0.15, -0.1) is 21.5 Å². The zero-order chi connectivity index (χ0) is 16.1. The molecule has 0 saturated carbocycles. The smallest absolute Gasteiger partial charge is 0.284 e. The highest BCUT2D eigenvalue weighted by Gasteiger charge is 2.13. The van der Waals surface area contributed by atoms with Gasteiger partial charge in [-0.2, -0.15) is 0 Å². The van der Waals surface area contributed by atoms with Crippen molar-refractivity contribution >= 4 is 34.9 Å². The van der Waals surface area contributed by atoms with Crippen molar-refractivity contribution in [2.75, 3.05) is 5.75 Å². The lowest BCUT2D eigenvalue weighted by Crippen LogP contribution is -2.42. The largest absolute Gasteiger partial charge is 0.459 e. The van der Waals surface area contributed by atoms with Crippen molar-refractivity contribution in [2.45, 2.75) is 5.22 Å². The van der Waals surface area contributed by atoms with E-state index in [1.807, 2.05) is 0 Å². The number of hydrogen-bond acceptors (Lipinski definition) is 8. The third kappa shape index (κ3) is 3.99. The predicted molar refractivity (Wildman–Crippen MR) is 82.7 cm³/mol. The van der Waals surface area contributed by atoms with E-state index in [4.69, 9.17) is 8.83 Å². The number of carbonyl (C=O) groups is 2. The monoisotopic (exact) mass is 350 g/mol. The van der Waals surface area contributed by atoms with E-state index < -0.39 is 5.91 Å². The summed E-state index contributed by atoms with van der Waals surface area (Å²) in [5.41, 5.74) is 4.64. The van der Waals surface area contributed by atoms with Crippen molar-refractivity contribution in [2.24, 2.45) is 0 Å². The minimum absolute atomic E-state index is 0.0184. The number of rotatable bonds is 5. The van der Waals surface area contributed by atoms with Crippen LogP contribution in [0.25, 0.3) is 11.7 Å². The van der Waals surface area contributed by atoms with Crippen LogP contribution in [0, 0.1) is 0 Å². The fourth-order valence-corrected chi connectivity index (χ4v) is 2.71. The number of thioether (sulfide) groups is 1. The Balaban J connectivity index is 1.45. The zero-order valence-electron chi connectivity index (χ0n) is 11.5. The lowest BCUT2D eigenvalue weighted by Gasteiger charge is -2.04. The number of hydrogen-bond donors (Lipinski definition) is 2. The van der Waals surface area contributed by atoms with Crippen molar-refractivity contribution in [3.8, 4) is 11.7 Å². The summed E-state index contributed by atoms with van der Waals surface area (Å²) in [6.07, 6.45) is 1.50. The predicted octanol–water partition coefficient (Wildman–Crippen LogP) is 1.94. The van der Waals surface area contributed by atoms with E-state index in [2.05, 4.69) is 21.0 Å². The molecule has 0 saturated heterocycles. The summed E-state index contributed by atoms with van der Waals surface area (Å²) in [5, 5.41) is 9.62. The molecule has 0 atom stereocenters. The summed E-state index contributed by atoms with van der Waals surface area (Å²) in [6.45, 7) is 0. The van der Waals surface area contributed by atoms with Crippen molar-refractivity contribution in [1.29, 1.82) is 0 Å². The molecule has 0 radical (unpaired) electrons. The number of nitrogens with one attached hydrogen (secondary N) is 2. The molecule has 2 amide bonds. The van der Waals surface area contributed by atoms with Crippen LogP contribution in [0.2, 0.25) is 0 Å². The van der Waals surface area contributed by atoms with Gasteiger partial charge in [-0.1, -0.05) is 17.8 Å². The molecule has 10 heteroatoms. The first-order chi connectivity index (χ1) is 11.2. The minimum Gasteiger partial charge on any atom is -0.459 e. The Morgan fingerprint density at radius 3 is 2.87 bits per heavy atom. The summed E-state index contributed by atoms with van der Waals surface area (Å²) in [6, 6.07) is 6.81. The minimum atomic E-state index is -0.391. The Kier molecular flexibility index (Phi) is 4.74. The fourth-order valence-electron chi connectivity index (χ4n) is 1.53. The van der Waals surface area contributed by atoms with Crippen molar-refractivity contribution in [3.05, 3.63) is 40.8 Å². The molecule has 0 spiro atoms. The van der Waals surface area contributed by atoms with Crippen LogP contribution in [0.5, 0.6) is 0 Å². The lowest BCUT2D eigenvalue weighted by molar-refractivity contribution is -0.119. The van der Waals surface area contributed by atoms with Gasteiger partial charge in [0.15, 0.2) is 5.76 Å². The Morgan fingerprint density at radius 1 is 1.22 bits per heavy atom. The molecule has 3 aromatic heterocycles. The number of carbonyl (C=O) groups excluding carboxylic acids is 2. The molecule has 0 unspecified atom stereocenters. The van der Waals surface area contributed by atoms with Crippen LogP contribution >= 0.6 is 23.1 Å². The molecule has 3 heterocycles. The van der Waals surface area contributed by atoms with Crippen molar-refractivity contribution < 1.29 is 18.4 Å². The highest BCUT2D eigenvalue weighted by atomic mass is 32.2. The molecule has 118 valence electrons. The average Bonchev–Trinajstić information content (AvgIpc) is 3.32. The van der Waals surface area contributed by atoms with Gasteiger partial charge < -0.3 is 8.83 Å². The molecule has 0 aliphatic rings. The first-order valence-corrected chi connectivity index (χ1v) is 8.22. The van der Waals surface area contributed by atoms with Gasteiger partial charge >= 0.3 is 0 Å². The van der Waals surface area contributed by atoms with E-state index in [1.165, 1.54) is 17.6 Å². The summed E-state index contributed by atoms with van der Waals surface area (Å²) < 4.78 is 10.5. The van der Waals surface area contributed by atoms with Crippen LogP contribution < -0.4 is 10.9 Å². The second kappa shape index (κ2) is 7.11. The maximum absolute atomic E-state index is 11.7. The first kappa shape index (κ1) is 15.3. The molecule has 0 aliphatic carbocycles. The molecule has 0 bridgehead atoms. The van der Waals surface area contributed by atoms with E-state index in [-0.39, 0.29) is 22.8 Å². The molecule has 0 aliphatic heterocycles. The number of thiophene rings is 1. The highest BCUT2D eigenvalue weighted by Crippen LogP contribution is 2.22. The van der Waals surface area contributed by atoms with Gasteiger partial charge in [0.1, 0.15) is 0 Å². The molecule has 8 nitrogen and oxygen atoms in total. The van der Waals surface area contributed by atoms with Gasteiger partial charge in [0.25, 0.3) is 17.0 Å². The third-order valence-electron chi connectivity index (χ3n) is 2.53. The third-order valence-corrected chi connectivity index (χ3v) is 4.21. The van der Waals surface area contributed by atoms with Crippen LogP contribution in [0.4, 0.5) is 0 Å². The standard InChI is InChI=1S/C13H10N4O4S2/c18-10(14-15-11(19)9-4-2-6-22-9)7-23-13-17-16-12(21-13)8-3-1-5-20-8/h1-6H,7H2,(H,14,18)(H,15,19). The summed E-state index contributed by atoms with van der Waals surface area (Å²) in [4.78, 5) is 23.8.